The van der Waals surface area contributed by atoms with Crippen molar-refractivity contribution in [2.24, 2.45) is 0 Å². The summed E-state index contributed by atoms with van der Waals surface area (Å²) in [6.45, 7) is 6.53. The number of urea groups is 1. The van der Waals surface area contributed by atoms with Crippen LogP contribution in [0.5, 0.6) is 0 Å². The average molecular weight is 259 g/mol. The van der Waals surface area contributed by atoms with Gasteiger partial charge in [-0.25, -0.2) is 4.79 Å². The van der Waals surface area contributed by atoms with Crippen LogP contribution in [0, 0.1) is 0 Å². The van der Waals surface area contributed by atoms with E-state index in [0.29, 0.717) is 6.54 Å². The highest BCUT2D eigenvalue weighted by Crippen LogP contribution is 2.14. The van der Waals surface area contributed by atoms with Crippen LogP contribution in [0.3, 0.4) is 0 Å². The highest BCUT2D eigenvalue weighted by atomic mass is 16.2. The number of carbonyl (C=O) groups excluding carboxylic acids is 1. The number of amides is 2. The molecule has 0 radical (unpaired) electrons. The van der Waals surface area contributed by atoms with Crippen LogP contribution in [-0.4, -0.2) is 23.1 Å². The van der Waals surface area contributed by atoms with E-state index in [1.165, 1.54) is 10.9 Å². The second-order valence-corrected chi connectivity index (χ2v) is 5.78. The lowest BCUT2D eigenvalue weighted by Gasteiger charge is -2.20. The number of H-pyrrole nitrogens is 1. The maximum atomic E-state index is 11.6. The fraction of sp³-hybridized carbons (Fsp3) is 0.400. The molecule has 2 rings (SSSR count). The zero-order valence-electron chi connectivity index (χ0n) is 11.7. The molecule has 0 bridgehead atoms. The number of benzene rings is 1. The standard InChI is InChI=1S/C15H21N3O/c1-15(2,3)18-14(19)17-8-6-11-4-5-12-7-9-16-13(12)10-11/h4-5,7,9-10,16H,6,8H2,1-3H3,(H2,17,18,19). The van der Waals surface area contributed by atoms with Crippen LogP contribution >= 0.6 is 0 Å². The van der Waals surface area contributed by atoms with Crippen molar-refractivity contribution in [1.29, 1.82) is 0 Å². The molecule has 0 atom stereocenters. The predicted octanol–water partition coefficient (Wildman–Crippen LogP) is 2.81. The van der Waals surface area contributed by atoms with Crippen molar-refractivity contribution in [3.05, 3.63) is 36.0 Å². The van der Waals surface area contributed by atoms with Gasteiger partial charge in [-0.15, -0.1) is 0 Å². The third-order valence-electron chi connectivity index (χ3n) is 2.81. The zero-order valence-corrected chi connectivity index (χ0v) is 11.7. The Kier molecular flexibility index (Phi) is 3.79. The summed E-state index contributed by atoms with van der Waals surface area (Å²) in [5, 5.41) is 6.95. The number of aromatic amines is 1. The molecular formula is C15H21N3O. The zero-order chi connectivity index (χ0) is 13.9. The summed E-state index contributed by atoms with van der Waals surface area (Å²) < 4.78 is 0. The first-order valence-corrected chi connectivity index (χ1v) is 6.56. The van der Waals surface area contributed by atoms with Crippen LogP contribution in [0.15, 0.2) is 30.5 Å². The van der Waals surface area contributed by atoms with Gasteiger partial charge in [0, 0.05) is 23.8 Å². The Balaban J connectivity index is 1.83. The fourth-order valence-electron chi connectivity index (χ4n) is 1.96. The first-order chi connectivity index (χ1) is 8.94. The summed E-state index contributed by atoms with van der Waals surface area (Å²) >= 11 is 0. The molecule has 3 N–H and O–H groups in total. The summed E-state index contributed by atoms with van der Waals surface area (Å²) in [7, 11) is 0. The van der Waals surface area contributed by atoms with Crippen molar-refractivity contribution in [3.63, 3.8) is 0 Å². The van der Waals surface area contributed by atoms with E-state index in [1.807, 2.05) is 33.0 Å². The second-order valence-electron chi connectivity index (χ2n) is 5.78. The van der Waals surface area contributed by atoms with Gasteiger partial charge in [-0.05, 0) is 50.3 Å². The molecule has 0 spiro atoms. The van der Waals surface area contributed by atoms with E-state index in [9.17, 15) is 4.79 Å². The molecule has 2 aromatic rings. The summed E-state index contributed by atoms with van der Waals surface area (Å²) in [5.74, 6) is 0. The molecule has 19 heavy (non-hydrogen) atoms. The van der Waals surface area contributed by atoms with Crippen LogP contribution in [0.4, 0.5) is 4.79 Å². The number of fused-ring (bicyclic) bond motifs is 1. The van der Waals surface area contributed by atoms with Crippen LogP contribution in [0.1, 0.15) is 26.3 Å². The van der Waals surface area contributed by atoms with Crippen molar-refractivity contribution in [2.75, 3.05) is 6.54 Å². The van der Waals surface area contributed by atoms with Crippen molar-refractivity contribution >= 4 is 16.9 Å². The highest BCUT2D eigenvalue weighted by molar-refractivity contribution is 5.79. The first-order valence-electron chi connectivity index (χ1n) is 6.56. The number of carbonyl (C=O) groups is 1. The maximum Gasteiger partial charge on any atom is 0.315 e. The SMILES string of the molecule is CC(C)(C)NC(=O)NCCc1ccc2cc[nH]c2c1. The van der Waals surface area contributed by atoms with Gasteiger partial charge in [0.05, 0.1) is 0 Å². The molecule has 1 aromatic heterocycles. The first kappa shape index (κ1) is 13.5. The molecule has 0 fully saturated rings. The Morgan fingerprint density at radius 3 is 2.79 bits per heavy atom. The van der Waals surface area contributed by atoms with Gasteiger partial charge in [0.1, 0.15) is 0 Å². The van der Waals surface area contributed by atoms with Gasteiger partial charge in [0.15, 0.2) is 0 Å². The molecular weight excluding hydrogens is 238 g/mol. The van der Waals surface area contributed by atoms with E-state index in [4.69, 9.17) is 0 Å². The van der Waals surface area contributed by atoms with Gasteiger partial charge in [-0.2, -0.15) is 0 Å². The van der Waals surface area contributed by atoms with Gasteiger partial charge in [0.25, 0.3) is 0 Å². The average Bonchev–Trinajstić information content (AvgIpc) is 2.73. The Labute approximate surface area is 113 Å². The van der Waals surface area contributed by atoms with Gasteiger partial charge in [0.2, 0.25) is 0 Å². The van der Waals surface area contributed by atoms with Crippen molar-refractivity contribution in [3.8, 4) is 0 Å². The summed E-state index contributed by atoms with van der Waals surface area (Å²) in [5.41, 5.74) is 2.15. The van der Waals surface area contributed by atoms with E-state index in [-0.39, 0.29) is 11.6 Å². The van der Waals surface area contributed by atoms with Crippen LogP contribution in [0.2, 0.25) is 0 Å². The molecule has 0 aliphatic carbocycles. The Bertz CT molecular complexity index is 566. The van der Waals surface area contributed by atoms with E-state index >= 15 is 0 Å². The lowest BCUT2D eigenvalue weighted by Crippen LogP contribution is -2.46. The predicted molar refractivity (Wildman–Crippen MR) is 78.3 cm³/mol. The molecule has 0 unspecified atom stereocenters. The van der Waals surface area contributed by atoms with Gasteiger partial charge in [-0.3, -0.25) is 0 Å². The monoisotopic (exact) mass is 259 g/mol. The maximum absolute atomic E-state index is 11.6. The van der Waals surface area contributed by atoms with Crippen LogP contribution < -0.4 is 10.6 Å². The number of aromatic nitrogens is 1. The van der Waals surface area contributed by atoms with E-state index in [0.717, 1.165) is 11.9 Å². The lowest BCUT2D eigenvalue weighted by atomic mass is 10.1. The minimum Gasteiger partial charge on any atom is -0.361 e. The minimum atomic E-state index is -0.201. The highest BCUT2D eigenvalue weighted by Gasteiger charge is 2.12. The fourth-order valence-corrected chi connectivity index (χ4v) is 1.96. The van der Waals surface area contributed by atoms with Gasteiger partial charge >= 0.3 is 6.03 Å². The quantitative estimate of drug-likeness (QED) is 0.780. The smallest absolute Gasteiger partial charge is 0.315 e. The van der Waals surface area contributed by atoms with E-state index < -0.39 is 0 Å². The van der Waals surface area contributed by atoms with Gasteiger partial charge < -0.3 is 15.6 Å². The Morgan fingerprint density at radius 2 is 2.05 bits per heavy atom. The third kappa shape index (κ3) is 4.02. The molecule has 0 aliphatic heterocycles. The summed E-state index contributed by atoms with van der Waals surface area (Å²) in [6, 6.07) is 8.25. The molecule has 4 heteroatoms. The molecule has 4 nitrogen and oxygen atoms in total. The van der Waals surface area contributed by atoms with Crippen LogP contribution in [-0.2, 0) is 6.42 Å². The number of nitrogens with one attached hydrogen (secondary N) is 3. The molecule has 1 aromatic carbocycles. The van der Waals surface area contributed by atoms with Crippen molar-refractivity contribution in [1.82, 2.24) is 15.6 Å². The third-order valence-corrected chi connectivity index (χ3v) is 2.81. The number of hydrogen-bond acceptors (Lipinski definition) is 1. The second kappa shape index (κ2) is 5.34. The Morgan fingerprint density at radius 1 is 1.26 bits per heavy atom. The minimum absolute atomic E-state index is 0.117. The van der Waals surface area contributed by atoms with Crippen molar-refractivity contribution in [2.45, 2.75) is 32.7 Å². The number of hydrogen-bond donors (Lipinski definition) is 3. The molecule has 0 saturated carbocycles. The molecule has 2 amide bonds. The summed E-state index contributed by atoms with van der Waals surface area (Å²) in [6.07, 6.45) is 2.76. The normalized spacial score (nSPS) is 11.5. The molecule has 102 valence electrons. The molecule has 1 heterocycles. The Hall–Kier alpha value is -1.97. The lowest BCUT2D eigenvalue weighted by molar-refractivity contribution is 0.232. The van der Waals surface area contributed by atoms with Crippen molar-refractivity contribution < 1.29 is 4.79 Å². The van der Waals surface area contributed by atoms with E-state index in [2.05, 4.69) is 33.8 Å². The molecule has 0 saturated heterocycles. The largest absolute Gasteiger partial charge is 0.361 e. The van der Waals surface area contributed by atoms with E-state index in [1.54, 1.807) is 0 Å². The number of rotatable bonds is 3. The van der Waals surface area contributed by atoms with Gasteiger partial charge in [-0.1, -0.05) is 12.1 Å². The molecule has 0 aliphatic rings. The topological polar surface area (TPSA) is 56.9 Å². The summed E-state index contributed by atoms with van der Waals surface area (Å²) in [4.78, 5) is 14.8. The van der Waals surface area contributed by atoms with Crippen LogP contribution in [0.25, 0.3) is 10.9 Å².